The second-order valence-electron chi connectivity index (χ2n) is 3.12. The van der Waals surface area contributed by atoms with E-state index in [1.165, 1.54) is 12.0 Å². The van der Waals surface area contributed by atoms with Crippen LogP contribution >= 0.6 is 0 Å². The molecule has 0 aromatic rings. The molecule has 0 aliphatic rings. The first-order valence-electron chi connectivity index (χ1n) is 4.15. The Labute approximate surface area is 70.2 Å². The van der Waals surface area contributed by atoms with Gasteiger partial charge in [-0.2, -0.15) is 0 Å². The Hall–Kier alpha value is -0.720. The van der Waals surface area contributed by atoms with Crippen molar-refractivity contribution in [2.24, 2.45) is 5.92 Å². The highest BCUT2D eigenvalue weighted by Crippen LogP contribution is 2.10. The first-order chi connectivity index (χ1) is 5.16. The van der Waals surface area contributed by atoms with E-state index in [0.29, 0.717) is 5.92 Å². The third-order valence-corrected chi connectivity index (χ3v) is 1.62. The lowest BCUT2D eigenvalue weighted by Gasteiger charge is -2.04. The van der Waals surface area contributed by atoms with Crippen molar-refractivity contribution in [2.75, 3.05) is 7.05 Å². The summed E-state index contributed by atoms with van der Waals surface area (Å²) in [6, 6.07) is 0. The number of nitrogens with one attached hydrogen (secondary N) is 1. The maximum atomic E-state index is 3.87. The molecule has 0 spiro atoms. The number of rotatable bonds is 5. The standard InChI is InChI=1S/C10H19N/c1-9(2)5-6-10(3)7-8-11-4/h7-8,10-11H,1,5-6H2,2-4H3/b8-7+. The Morgan fingerprint density at radius 1 is 1.64 bits per heavy atom. The normalized spacial score (nSPS) is 13.4. The maximum absolute atomic E-state index is 3.87. The molecule has 0 fully saturated rings. The van der Waals surface area contributed by atoms with Crippen LogP contribution in [0.5, 0.6) is 0 Å². The number of hydrogen-bond acceptors (Lipinski definition) is 1. The fourth-order valence-electron chi connectivity index (χ4n) is 0.831. The first kappa shape index (κ1) is 10.3. The van der Waals surface area contributed by atoms with Crippen molar-refractivity contribution in [3.05, 3.63) is 24.4 Å². The Balaban J connectivity index is 3.44. The van der Waals surface area contributed by atoms with Crippen LogP contribution in [0.2, 0.25) is 0 Å². The van der Waals surface area contributed by atoms with Crippen LogP contribution in [0.15, 0.2) is 24.4 Å². The topological polar surface area (TPSA) is 12.0 Å². The monoisotopic (exact) mass is 153 g/mol. The summed E-state index contributed by atoms with van der Waals surface area (Å²) in [6.07, 6.45) is 6.51. The van der Waals surface area contributed by atoms with Crippen molar-refractivity contribution in [1.82, 2.24) is 5.32 Å². The Morgan fingerprint density at radius 2 is 2.27 bits per heavy atom. The van der Waals surface area contributed by atoms with Gasteiger partial charge < -0.3 is 5.32 Å². The van der Waals surface area contributed by atoms with Gasteiger partial charge in [-0.3, -0.25) is 0 Å². The Kier molecular flexibility index (Phi) is 5.63. The van der Waals surface area contributed by atoms with Crippen LogP contribution < -0.4 is 5.32 Å². The molecule has 0 aromatic heterocycles. The molecule has 0 aliphatic carbocycles. The molecular weight excluding hydrogens is 134 g/mol. The molecule has 0 saturated carbocycles. The summed E-state index contributed by atoms with van der Waals surface area (Å²) in [5.41, 5.74) is 1.27. The Morgan fingerprint density at radius 3 is 2.73 bits per heavy atom. The van der Waals surface area contributed by atoms with Crippen molar-refractivity contribution in [1.29, 1.82) is 0 Å². The minimum absolute atomic E-state index is 0.652. The molecule has 0 saturated heterocycles. The van der Waals surface area contributed by atoms with Crippen LogP contribution in [-0.4, -0.2) is 7.05 Å². The third-order valence-electron chi connectivity index (χ3n) is 1.62. The fourth-order valence-corrected chi connectivity index (χ4v) is 0.831. The second kappa shape index (κ2) is 6.02. The van der Waals surface area contributed by atoms with Crippen LogP contribution in [0.25, 0.3) is 0 Å². The van der Waals surface area contributed by atoms with Gasteiger partial charge in [-0.15, -0.1) is 6.58 Å². The van der Waals surface area contributed by atoms with Crippen molar-refractivity contribution in [3.8, 4) is 0 Å². The van der Waals surface area contributed by atoms with Gasteiger partial charge in [0.25, 0.3) is 0 Å². The van der Waals surface area contributed by atoms with E-state index in [0.717, 1.165) is 6.42 Å². The molecule has 0 heterocycles. The molecule has 1 atom stereocenters. The lowest BCUT2D eigenvalue weighted by molar-refractivity contribution is 0.642. The highest BCUT2D eigenvalue weighted by atomic mass is 14.8. The van der Waals surface area contributed by atoms with E-state index in [2.05, 4.69) is 31.8 Å². The van der Waals surface area contributed by atoms with Gasteiger partial charge in [0.2, 0.25) is 0 Å². The minimum Gasteiger partial charge on any atom is -0.394 e. The minimum atomic E-state index is 0.652. The van der Waals surface area contributed by atoms with Gasteiger partial charge in [0.05, 0.1) is 0 Å². The molecule has 1 unspecified atom stereocenters. The summed E-state index contributed by atoms with van der Waals surface area (Å²) in [5, 5.41) is 2.98. The average Bonchev–Trinajstić information content (AvgIpc) is 1.97. The summed E-state index contributed by atoms with van der Waals surface area (Å²) in [5.74, 6) is 0.652. The van der Waals surface area contributed by atoms with E-state index in [9.17, 15) is 0 Å². The SMILES string of the molecule is C=C(C)CCC(C)/C=C/NC. The third kappa shape index (κ3) is 7.17. The molecular formula is C10H19N. The van der Waals surface area contributed by atoms with Crippen molar-refractivity contribution < 1.29 is 0 Å². The first-order valence-corrected chi connectivity index (χ1v) is 4.15. The highest BCUT2D eigenvalue weighted by Gasteiger charge is 1.95. The van der Waals surface area contributed by atoms with Crippen molar-refractivity contribution in [3.63, 3.8) is 0 Å². The maximum Gasteiger partial charge on any atom is 0.00276 e. The lowest BCUT2D eigenvalue weighted by atomic mass is 10.0. The van der Waals surface area contributed by atoms with Crippen LogP contribution in [0.4, 0.5) is 0 Å². The molecule has 0 aliphatic heterocycles. The molecule has 0 bridgehead atoms. The largest absolute Gasteiger partial charge is 0.394 e. The van der Waals surface area contributed by atoms with Crippen molar-refractivity contribution in [2.45, 2.75) is 26.7 Å². The molecule has 0 radical (unpaired) electrons. The molecule has 64 valence electrons. The number of hydrogen-bond donors (Lipinski definition) is 1. The summed E-state index contributed by atoms with van der Waals surface area (Å²) in [4.78, 5) is 0. The van der Waals surface area contributed by atoms with Crippen LogP contribution in [-0.2, 0) is 0 Å². The highest BCUT2D eigenvalue weighted by molar-refractivity contribution is 4.91. The summed E-state index contributed by atoms with van der Waals surface area (Å²) < 4.78 is 0. The predicted octanol–water partition coefficient (Wildman–Crippen LogP) is 2.71. The smallest absolute Gasteiger partial charge is 0.00276 e. The van der Waals surface area contributed by atoms with Crippen LogP contribution in [0.1, 0.15) is 26.7 Å². The zero-order chi connectivity index (χ0) is 8.69. The molecule has 0 aromatic carbocycles. The van der Waals surface area contributed by atoms with Gasteiger partial charge in [-0.25, -0.2) is 0 Å². The summed E-state index contributed by atoms with van der Waals surface area (Å²) in [7, 11) is 1.92. The van der Waals surface area contributed by atoms with Crippen molar-refractivity contribution >= 4 is 0 Å². The average molecular weight is 153 g/mol. The van der Waals surface area contributed by atoms with Gasteiger partial charge in [0.1, 0.15) is 0 Å². The van der Waals surface area contributed by atoms with E-state index >= 15 is 0 Å². The van der Waals surface area contributed by atoms with Gasteiger partial charge in [0, 0.05) is 7.05 Å². The number of allylic oxidation sites excluding steroid dienone is 2. The summed E-state index contributed by atoms with van der Waals surface area (Å²) >= 11 is 0. The zero-order valence-corrected chi connectivity index (χ0v) is 7.85. The second-order valence-corrected chi connectivity index (χ2v) is 3.12. The molecule has 1 nitrogen and oxygen atoms in total. The van der Waals surface area contributed by atoms with E-state index in [-0.39, 0.29) is 0 Å². The van der Waals surface area contributed by atoms with Crippen LogP contribution in [0.3, 0.4) is 0 Å². The molecule has 0 amide bonds. The zero-order valence-electron chi connectivity index (χ0n) is 7.85. The molecule has 1 N–H and O–H groups in total. The van der Waals surface area contributed by atoms with E-state index in [1.807, 2.05) is 13.2 Å². The molecule has 11 heavy (non-hydrogen) atoms. The van der Waals surface area contributed by atoms with E-state index in [4.69, 9.17) is 0 Å². The van der Waals surface area contributed by atoms with E-state index < -0.39 is 0 Å². The fraction of sp³-hybridized carbons (Fsp3) is 0.600. The van der Waals surface area contributed by atoms with Gasteiger partial charge in [0.15, 0.2) is 0 Å². The molecule has 1 heteroatoms. The molecule has 0 rings (SSSR count). The quantitative estimate of drug-likeness (QED) is 0.599. The van der Waals surface area contributed by atoms with Crippen LogP contribution in [0, 0.1) is 5.92 Å². The van der Waals surface area contributed by atoms with Gasteiger partial charge in [-0.05, 0) is 31.9 Å². The van der Waals surface area contributed by atoms with Gasteiger partial charge >= 0.3 is 0 Å². The lowest BCUT2D eigenvalue weighted by Crippen LogP contribution is -1.96. The Bertz CT molecular complexity index is 136. The summed E-state index contributed by atoms with van der Waals surface area (Å²) in [6.45, 7) is 8.16. The van der Waals surface area contributed by atoms with Gasteiger partial charge in [-0.1, -0.05) is 18.6 Å². The van der Waals surface area contributed by atoms with E-state index in [1.54, 1.807) is 0 Å². The predicted molar refractivity (Wildman–Crippen MR) is 51.4 cm³/mol.